The Kier molecular flexibility index (Phi) is 5.55. The number of carbonyl (C=O) groups is 1. The van der Waals surface area contributed by atoms with Crippen LogP contribution in [0.15, 0.2) is 48.5 Å². The van der Waals surface area contributed by atoms with Gasteiger partial charge in [-0.2, -0.15) is 5.10 Å². The van der Waals surface area contributed by atoms with Crippen molar-refractivity contribution in [2.24, 2.45) is 0 Å². The number of aromatic nitrogens is 3. The molecule has 5 nitrogen and oxygen atoms in total. The summed E-state index contributed by atoms with van der Waals surface area (Å²) >= 11 is 0. The summed E-state index contributed by atoms with van der Waals surface area (Å²) in [6.07, 6.45) is 0.909. The van der Waals surface area contributed by atoms with E-state index in [0.717, 1.165) is 28.2 Å². The smallest absolute Gasteiger partial charge is 0.224 e. The average molecular weight is 417 g/mol. The van der Waals surface area contributed by atoms with E-state index in [1.807, 2.05) is 58.0 Å². The predicted molar refractivity (Wildman–Crippen MR) is 121 cm³/mol. The summed E-state index contributed by atoms with van der Waals surface area (Å²) in [4.78, 5) is 17.2. The molecule has 0 saturated carbocycles. The van der Waals surface area contributed by atoms with Crippen molar-refractivity contribution in [2.45, 2.75) is 40.5 Å². The number of hydrogen-bond donors (Lipinski definition) is 1. The van der Waals surface area contributed by atoms with E-state index in [4.69, 9.17) is 0 Å². The normalized spacial score (nSPS) is 11.1. The van der Waals surface area contributed by atoms with E-state index in [2.05, 4.69) is 15.4 Å². The summed E-state index contributed by atoms with van der Waals surface area (Å²) in [7, 11) is 0. The highest BCUT2D eigenvalue weighted by atomic mass is 19.1. The second kappa shape index (κ2) is 8.30. The lowest BCUT2D eigenvalue weighted by Gasteiger charge is -2.11. The molecule has 0 fully saturated rings. The van der Waals surface area contributed by atoms with Gasteiger partial charge in [0.2, 0.25) is 5.91 Å². The maximum atomic E-state index is 13.6. The van der Waals surface area contributed by atoms with E-state index in [9.17, 15) is 9.18 Å². The lowest BCUT2D eigenvalue weighted by Crippen LogP contribution is -2.14. The monoisotopic (exact) mass is 416 g/mol. The zero-order chi connectivity index (χ0) is 22.1. The van der Waals surface area contributed by atoms with Crippen LogP contribution in [0.4, 0.5) is 10.1 Å². The lowest BCUT2D eigenvalue weighted by molar-refractivity contribution is -0.116. The largest absolute Gasteiger partial charge is 0.326 e. The fourth-order valence-electron chi connectivity index (χ4n) is 3.76. The molecule has 0 unspecified atom stereocenters. The van der Waals surface area contributed by atoms with E-state index in [1.54, 1.807) is 10.6 Å². The highest BCUT2D eigenvalue weighted by Gasteiger charge is 2.15. The number of benzene rings is 2. The van der Waals surface area contributed by atoms with Gasteiger partial charge in [-0.3, -0.25) is 4.79 Å². The minimum absolute atomic E-state index is 0.0388. The Hall–Kier alpha value is -3.54. The summed E-state index contributed by atoms with van der Waals surface area (Å²) in [6, 6.07) is 14.1. The van der Waals surface area contributed by atoms with Gasteiger partial charge < -0.3 is 5.32 Å². The molecule has 2 aromatic carbocycles. The maximum Gasteiger partial charge on any atom is 0.224 e. The van der Waals surface area contributed by atoms with E-state index in [1.165, 1.54) is 17.7 Å². The summed E-state index contributed by atoms with van der Waals surface area (Å²) < 4.78 is 15.4. The quantitative estimate of drug-likeness (QED) is 0.478. The molecular formula is C25H25FN4O. The van der Waals surface area contributed by atoms with Crippen LogP contribution in [0.25, 0.3) is 16.9 Å². The molecule has 2 heterocycles. The molecule has 4 rings (SSSR count). The van der Waals surface area contributed by atoms with Crippen molar-refractivity contribution in [3.63, 3.8) is 0 Å². The first-order valence-electron chi connectivity index (χ1n) is 10.3. The van der Waals surface area contributed by atoms with Crippen molar-refractivity contribution in [2.75, 3.05) is 5.32 Å². The zero-order valence-corrected chi connectivity index (χ0v) is 18.2. The van der Waals surface area contributed by atoms with Crippen molar-refractivity contribution in [1.82, 2.24) is 14.6 Å². The molecule has 2 aromatic heterocycles. The molecule has 0 spiro atoms. The first-order valence-corrected chi connectivity index (χ1v) is 10.3. The molecule has 0 atom stereocenters. The molecule has 0 bridgehead atoms. The van der Waals surface area contributed by atoms with Gasteiger partial charge in [0.15, 0.2) is 5.65 Å². The maximum absolute atomic E-state index is 13.6. The Labute approximate surface area is 181 Å². The standard InChI is InChI=1S/C25H25FN4O/c1-15-8-9-21(12-16(15)2)28-25(31)11-10-22-17(3)27-24-14-23(29-30(24)18(22)4)19-6-5-7-20(26)13-19/h5-9,12-14H,10-11H2,1-4H3,(H,28,31). The van der Waals surface area contributed by atoms with Crippen LogP contribution in [0.3, 0.4) is 0 Å². The van der Waals surface area contributed by atoms with Crippen molar-refractivity contribution in [3.05, 3.63) is 82.4 Å². The molecule has 0 aliphatic heterocycles. The number of nitrogens with zero attached hydrogens (tertiary/aromatic N) is 3. The molecule has 0 radical (unpaired) electrons. The minimum atomic E-state index is -0.300. The van der Waals surface area contributed by atoms with Crippen molar-refractivity contribution >= 4 is 17.2 Å². The summed E-state index contributed by atoms with van der Waals surface area (Å²) in [5, 5.41) is 7.60. The van der Waals surface area contributed by atoms with E-state index < -0.39 is 0 Å². The van der Waals surface area contributed by atoms with Gasteiger partial charge in [0, 0.05) is 35.1 Å². The Bertz CT molecular complexity index is 1290. The van der Waals surface area contributed by atoms with E-state index in [0.29, 0.717) is 29.7 Å². The predicted octanol–water partition coefficient (Wildman–Crippen LogP) is 5.34. The molecule has 6 heteroatoms. The molecule has 4 aromatic rings. The SMILES string of the molecule is Cc1ccc(NC(=O)CCc2c(C)nc3cc(-c4cccc(F)c4)nn3c2C)cc1C. The van der Waals surface area contributed by atoms with Gasteiger partial charge in [0.05, 0.1) is 5.69 Å². The van der Waals surface area contributed by atoms with Crippen molar-refractivity contribution in [1.29, 1.82) is 0 Å². The van der Waals surface area contributed by atoms with Crippen LogP contribution in [0, 0.1) is 33.5 Å². The first-order chi connectivity index (χ1) is 14.8. The molecule has 0 aliphatic carbocycles. The van der Waals surface area contributed by atoms with Gasteiger partial charge in [-0.05, 0) is 75.1 Å². The van der Waals surface area contributed by atoms with Crippen LogP contribution in [0.1, 0.15) is 34.5 Å². The number of fused-ring (bicyclic) bond motifs is 1. The Morgan fingerprint density at radius 2 is 1.84 bits per heavy atom. The third-order valence-corrected chi connectivity index (χ3v) is 5.68. The van der Waals surface area contributed by atoms with Gasteiger partial charge in [0.25, 0.3) is 0 Å². The van der Waals surface area contributed by atoms with Gasteiger partial charge in [-0.1, -0.05) is 18.2 Å². The van der Waals surface area contributed by atoms with E-state index in [-0.39, 0.29) is 11.7 Å². The number of anilines is 1. The fourth-order valence-corrected chi connectivity index (χ4v) is 3.76. The van der Waals surface area contributed by atoms with Crippen molar-refractivity contribution < 1.29 is 9.18 Å². The summed E-state index contributed by atoms with van der Waals surface area (Å²) in [5.74, 6) is -0.339. The number of amides is 1. The fraction of sp³-hybridized carbons (Fsp3) is 0.240. The molecule has 0 aliphatic rings. The summed E-state index contributed by atoms with van der Waals surface area (Å²) in [6.45, 7) is 7.99. The summed E-state index contributed by atoms with van der Waals surface area (Å²) in [5.41, 5.74) is 8.03. The highest BCUT2D eigenvalue weighted by molar-refractivity contribution is 5.91. The number of halogens is 1. The van der Waals surface area contributed by atoms with Crippen LogP contribution in [-0.2, 0) is 11.2 Å². The van der Waals surface area contributed by atoms with Crippen LogP contribution in [0.2, 0.25) is 0 Å². The number of aryl methyl sites for hydroxylation is 4. The Balaban J connectivity index is 1.54. The number of carbonyl (C=O) groups excluding carboxylic acids is 1. The van der Waals surface area contributed by atoms with Gasteiger partial charge in [-0.25, -0.2) is 13.9 Å². The molecule has 31 heavy (non-hydrogen) atoms. The minimum Gasteiger partial charge on any atom is -0.326 e. The van der Waals surface area contributed by atoms with Crippen LogP contribution in [-0.4, -0.2) is 20.5 Å². The van der Waals surface area contributed by atoms with Gasteiger partial charge in [0.1, 0.15) is 5.82 Å². The van der Waals surface area contributed by atoms with Gasteiger partial charge in [-0.15, -0.1) is 0 Å². The van der Waals surface area contributed by atoms with Crippen LogP contribution < -0.4 is 5.32 Å². The van der Waals surface area contributed by atoms with Crippen LogP contribution in [0.5, 0.6) is 0 Å². The third kappa shape index (κ3) is 4.33. The van der Waals surface area contributed by atoms with Crippen LogP contribution >= 0.6 is 0 Å². The molecule has 1 amide bonds. The Morgan fingerprint density at radius 1 is 1.03 bits per heavy atom. The van der Waals surface area contributed by atoms with Crippen molar-refractivity contribution in [3.8, 4) is 11.3 Å². The topological polar surface area (TPSA) is 59.3 Å². The number of hydrogen-bond acceptors (Lipinski definition) is 3. The lowest BCUT2D eigenvalue weighted by atomic mass is 10.1. The van der Waals surface area contributed by atoms with Gasteiger partial charge >= 0.3 is 0 Å². The highest BCUT2D eigenvalue weighted by Crippen LogP contribution is 2.23. The zero-order valence-electron chi connectivity index (χ0n) is 18.2. The number of rotatable bonds is 5. The van der Waals surface area contributed by atoms with E-state index >= 15 is 0 Å². The molecular weight excluding hydrogens is 391 g/mol. The molecule has 0 saturated heterocycles. The average Bonchev–Trinajstić information content (AvgIpc) is 3.15. The number of nitrogens with one attached hydrogen (secondary N) is 1. The second-order valence-corrected chi connectivity index (χ2v) is 7.92. The third-order valence-electron chi connectivity index (χ3n) is 5.68. The first kappa shape index (κ1) is 20.7. The molecule has 1 N–H and O–H groups in total. The second-order valence-electron chi connectivity index (χ2n) is 7.92. The Morgan fingerprint density at radius 3 is 2.58 bits per heavy atom. The molecule has 158 valence electrons.